The molecular formula is C13H23N3O. The monoisotopic (exact) mass is 237 g/mol. The van der Waals surface area contributed by atoms with Crippen molar-refractivity contribution in [2.24, 2.45) is 0 Å². The molecule has 0 aliphatic carbocycles. The van der Waals surface area contributed by atoms with Gasteiger partial charge in [0.05, 0.1) is 0 Å². The van der Waals surface area contributed by atoms with Gasteiger partial charge in [-0.05, 0) is 32.9 Å². The highest BCUT2D eigenvalue weighted by molar-refractivity contribution is 5.87. The molecule has 0 spiro atoms. The van der Waals surface area contributed by atoms with Crippen molar-refractivity contribution in [3.63, 3.8) is 0 Å². The number of nitrogens with zero attached hydrogens (tertiary/aromatic N) is 2. The van der Waals surface area contributed by atoms with Crippen molar-refractivity contribution in [1.82, 2.24) is 15.1 Å². The van der Waals surface area contributed by atoms with E-state index in [9.17, 15) is 4.79 Å². The summed E-state index contributed by atoms with van der Waals surface area (Å²) in [4.78, 5) is 16.2. The van der Waals surface area contributed by atoms with E-state index in [4.69, 9.17) is 0 Å². The fraction of sp³-hybridized carbons (Fsp3) is 0.769. The second-order valence-corrected chi connectivity index (χ2v) is 5.05. The highest BCUT2D eigenvalue weighted by Crippen LogP contribution is 2.06. The number of carbonyl (C=O) groups excluding carboxylic acids is 1. The van der Waals surface area contributed by atoms with Crippen LogP contribution in [0, 0.1) is 0 Å². The molecule has 2 rings (SSSR count). The molecule has 4 nitrogen and oxygen atoms in total. The lowest BCUT2D eigenvalue weighted by Gasteiger charge is -2.31. The Morgan fingerprint density at radius 1 is 1.35 bits per heavy atom. The summed E-state index contributed by atoms with van der Waals surface area (Å²) in [5.74, 6) is 0.164. The first-order chi connectivity index (χ1) is 8.25. The Kier molecular flexibility index (Phi) is 4.57. The first-order valence-electron chi connectivity index (χ1n) is 6.67. The Hall–Kier alpha value is -0.870. The Balaban J connectivity index is 1.73. The van der Waals surface area contributed by atoms with E-state index in [1.807, 2.05) is 11.0 Å². The van der Waals surface area contributed by atoms with E-state index in [-0.39, 0.29) is 5.91 Å². The third-order valence-electron chi connectivity index (χ3n) is 3.50. The van der Waals surface area contributed by atoms with Crippen LogP contribution in [0.25, 0.3) is 0 Å². The minimum absolute atomic E-state index is 0.164. The number of piperazine rings is 1. The lowest BCUT2D eigenvalue weighted by Crippen LogP contribution is -2.50. The average molecular weight is 237 g/mol. The van der Waals surface area contributed by atoms with Crippen molar-refractivity contribution >= 4 is 5.91 Å². The number of hydrogen-bond acceptors (Lipinski definition) is 3. The van der Waals surface area contributed by atoms with E-state index >= 15 is 0 Å². The lowest BCUT2D eigenvalue weighted by molar-refractivity contribution is -0.127. The Morgan fingerprint density at radius 2 is 2.12 bits per heavy atom. The third-order valence-corrected chi connectivity index (χ3v) is 3.50. The molecule has 0 aromatic rings. The van der Waals surface area contributed by atoms with Crippen LogP contribution in [0.4, 0.5) is 0 Å². The molecule has 0 unspecified atom stereocenters. The van der Waals surface area contributed by atoms with Crippen molar-refractivity contribution in [2.45, 2.75) is 25.8 Å². The van der Waals surface area contributed by atoms with E-state index in [0.29, 0.717) is 6.04 Å². The van der Waals surface area contributed by atoms with Gasteiger partial charge in [-0.3, -0.25) is 9.69 Å². The summed E-state index contributed by atoms with van der Waals surface area (Å²) >= 11 is 0. The largest absolute Gasteiger partial charge is 0.336 e. The molecule has 0 bridgehead atoms. The molecule has 1 amide bonds. The lowest BCUT2D eigenvalue weighted by atomic mass is 10.2. The van der Waals surface area contributed by atoms with Crippen molar-refractivity contribution in [2.75, 3.05) is 39.3 Å². The van der Waals surface area contributed by atoms with Crippen LogP contribution in [-0.2, 0) is 4.79 Å². The molecule has 0 saturated carbocycles. The van der Waals surface area contributed by atoms with Crippen LogP contribution < -0.4 is 5.32 Å². The van der Waals surface area contributed by atoms with Crippen LogP contribution in [0.15, 0.2) is 12.2 Å². The van der Waals surface area contributed by atoms with Gasteiger partial charge in [0.15, 0.2) is 0 Å². The molecular weight excluding hydrogens is 214 g/mol. The Labute approximate surface area is 104 Å². The van der Waals surface area contributed by atoms with E-state index in [1.165, 1.54) is 25.9 Å². The summed E-state index contributed by atoms with van der Waals surface area (Å²) in [7, 11) is 0. The van der Waals surface area contributed by atoms with E-state index in [2.05, 4.69) is 17.1 Å². The van der Waals surface area contributed by atoms with Gasteiger partial charge in [0.25, 0.3) is 0 Å². The van der Waals surface area contributed by atoms with Gasteiger partial charge in [0.1, 0.15) is 0 Å². The minimum atomic E-state index is 0.164. The van der Waals surface area contributed by atoms with Crippen molar-refractivity contribution < 1.29 is 4.79 Å². The molecule has 2 aliphatic heterocycles. The summed E-state index contributed by atoms with van der Waals surface area (Å²) in [5.41, 5.74) is 0. The molecule has 2 fully saturated rings. The fourth-order valence-corrected chi connectivity index (χ4v) is 2.51. The predicted octanol–water partition coefficient (Wildman–Crippen LogP) is 0.459. The van der Waals surface area contributed by atoms with E-state index in [0.717, 1.165) is 26.2 Å². The quantitative estimate of drug-likeness (QED) is 0.724. The molecule has 0 aromatic carbocycles. The van der Waals surface area contributed by atoms with Gasteiger partial charge >= 0.3 is 0 Å². The summed E-state index contributed by atoms with van der Waals surface area (Å²) < 4.78 is 0. The summed E-state index contributed by atoms with van der Waals surface area (Å²) in [6, 6.07) is 0.416. The molecule has 2 saturated heterocycles. The summed E-state index contributed by atoms with van der Waals surface area (Å²) in [6.45, 7) is 7.98. The molecule has 1 N–H and O–H groups in total. The molecule has 2 heterocycles. The van der Waals surface area contributed by atoms with Gasteiger partial charge in [0.2, 0.25) is 5.91 Å². The standard InChI is InChI=1S/C13H23N3O/c1-12-11-16(10-6-14-12)13(17)5-4-9-15-7-2-3-8-15/h4-5,12,14H,2-3,6-11H2,1H3/b5-4+/t12-/m0/s1. The van der Waals surface area contributed by atoms with Crippen molar-refractivity contribution in [3.05, 3.63) is 12.2 Å². The zero-order valence-electron chi connectivity index (χ0n) is 10.7. The number of hydrogen-bond donors (Lipinski definition) is 1. The number of nitrogens with one attached hydrogen (secondary N) is 1. The Morgan fingerprint density at radius 3 is 2.82 bits per heavy atom. The molecule has 0 aromatic heterocycles. The van der Waals surface area contributed by atoms with Gasteiger partial charge in [-0.1, -0.05) is 6.08 Å². The smallest absolute Gasteiger partial charge is 0.246 e. The maximum Gasteiger partial charge on any atom is 0.246 e. The highest BCUT2D eigenvalue weighted by Gasteiger charge is 2.18. The zero-order chi connectivity index (χ0) is 12.1. The normalized spacial score (nSPS) is 26.9. The minimum Gasteiger partial charge on any atom is -0.336 e. The van der Waals surface area contributed by atoms with Crippen LogP contribution in [0.2, 0.25) is 0 Å². The molecule has 96 valence electrons. The molecule has 2 aliphatic rings. The first-order valence-corrected chi connectivity index (χ1v) is 6.67. The van der Waals surface area contributed by atoms with Gasteiger partial charge < -0.3 is 10.2 Å². The third kappa shape index (κ3) is 3.82. The fourth-order valence-electron chi connectivity index (χ4n) is 2.51. The molecule has 4 heteroatoms. The van der Waals surface area contributed by atoms with Crippen molar-refractivity contribution in [3.8, 4) is 0 Å². The number of carbonyl (C=O) groups is 1. The number of likely N-dealkylation sites (tertiary alicyclic amines) is 1. The van der Waals surface area contributed by atoms with Gasteiger partial charge in [-0.2, -0.15) is 0 Å². The van der Waals surface area contributed by atoms with Crippen LogP contribution in [0.1, 0.15) is 19.8 Å². The van der Waals surface area contributed by atoms with Gasteiger partial charge in [-0.15, -0.1) is 0 Å². The van der Waals surface area contributed by atoms with E-state index < -0.39 is 0 Å². The zero-order valence-corrected chi connectivity index (χ0v) is 10.7. The topological polar surface area (TPSA) is 35.6 Å². The number of amides is 1. The second-order valence-electron chi connectivity index (χ2n) is 5.05. The predicted molar refractivity (Wildman–Crippen MR) is 68.9 cm³/mol. The summed E-state index contributed by atoms with van der Waals surface area (Å²) in [5, 5.41) is 3.34. The van der Waals surface area contributed by atoms with Crippen LogP contribution in [0.3, 0.4) is 0 Å². The van der Waals surface area contributed by atoms with Crippen LogP contribution in [-0.4, -0.2) is 61.0 Å². The second kappa shape index (κ2) is 6.17. The van der Waals surface area contributed by atoms with E-state index in [1.54, 1.807) is 6.08 Å². The van der Waals surface area contributed by atoms with Crippen LogP contribution in [0.5, 0.6) is 0 Å². The molecule has 1 atom stereocenters. The summed E-state index contributed by atoms with van der Waals surface area (Å²) in [6.07, 6.45) is 6.37. The maximum atomic E-state index is 11.9. The van der Waals surface area contributed by atoms with Gasteiger partial charge in [0, 0.05) is 38.3 Å². The van der Waals surface area contributed by atoms with Crippen LogP contribution >= 0.6 is 0 Å². The van der Waals surface area contributed by atoms with Gasteiger partial charge in [-0.25, -0.2) is 0 Å². The van der Waals surface area contributed by atoms with Crippen molar-refractivity contribution in [1.29, 1.82) is 0 Å². The molecule has 17 heavy (non-hydrogen) atoms. The average Bonchev–Trinajstić information content (AvgIpc) is 2.82. The molecule has 0 radical (unpaired) electrons. The first kappa shape index (κ1) is 12.6. The number of rotatable bonds is 3. The SMILES string of the molecule is C[C@H]1CN(C(=O)/C=C/CN2CCCC2)CCN1. The maximum absolute atomic E-state index is 11.9. The Bertz CT molecular complexity index is 284. The highest BCUT2D eigenvalue weighted by atomic mass is 16.2.